The zero-order chi connectivity index (χ0) is 10.9. The lowest BCUT2D eigenvalue weighted by Crippen LogP contribution is -2.28. The van der Waals surface area contributed by atoms with Crippen LogP contribution in [0.15, 0.2) is 29.3 Å². The van der Waals surface area contributed by atoms with Gasteiger partial charge in [0.1, 0.15) is 0 Å². The van der Waals surface area contributed by atoms with Gasteiger partial charge in [0.25, 0.3) is 0 Å². The summed E-state index contributed by atoms with van der Waals surface area (Å²) in [5, 5.41) is 0. The minimum atomic E-state index is -0.266. The maximum Gasteiger partial charge on any atom is 0.0895 e. The van der Waals surface area contributed by atoms with E-state index >= 15 is 0 Å². The molecule has 0 bridgehead atoms. The van der Waals surface area contributed by atoms with Gasteiger partial charge in [-0.1, -0.05) is 12.1 Å². The topological polar surface area (TPSA) is 41.6 Å². The molecule has 0 aromatic heterocycles. The van der Waals surface area contributed by atoms with Crippen LogP contribution in [0.2, 0.25) is 0 Å². The van der Waals surface area contributed by atoms with Gasteiger partial charge in [0, 0.05) is 17.8 Å². The van der Waals surface area contributed by atoms with Crippen molar-refractivity contribution in [1.82, 2.24) is 0 Å². The van der Waals surface area contributed by atoms with Gasteiger partial charge in [-0.25, -0.2) is 0 Å². The van der Waals surface area contributed by atoms with E-state index in [4.69, 9.17) is 5.73 Å². The van der Waals surface area contributed by atoms with E-state index in [1.165, 1.54) is 5.69 Å². The number of benzene rings is 1. The second kappa shape index (κ2) is 3.66. The summed E-state index contributed by atoms with van der Waals surface area (Å²) >= 11 is 0. The minimum Gasteiger partial charge on any atom is -0.331 e. The number of hydrogen-bond acceptors (Lipinski definition) is 3. The largest absolute Gasteiger partial charge is 0.331 e. The molecule has 0 atom stereocenters. The summed E-state index contributed by atoms with van der Waals surface area (Å²) in [5.41, 5.74) is 8.09. The van der Waals surface area contributed by atoms with Crippen molar-refractivity contribution in [1.29, 1.82) is 0 Å². The molecule has 0 saturated carbocycles. The van der Waals surface area contributed by atoms with E-state index in [1.807, 2.05) is 20.2 Å². The monoisotopic (exact) mass is 203 g/mol. The number of aliphatic imine (C=N–C) groups is 1. The Balaban J connectivity index is 2.20. The van der Waals surface area contributed by atoms with Crippen molar-refractivity contribution in [3.8, 4) is 0 Å². The van der Waals surface area contributed by atoms with Gasteiger partial charge in [0.05, 0.1) is 12.9 Å². The van der Waals surface area contributed by atoms with E-state index in [9.17, 15) is 0 Å². The van der Waals surface area contributed by atoms with Crippen LogP contribution in [-0.2, 0) is 5.54 Å². The summed E-state index contributed by atoms with van der Waals surface area (Å²) in [6.45, 7) is 5.90. The van der Waals surface area contributed by atoms with Crippen LogP contribution in [0.3, 0.4) is 0 Å². The summed E-state index contributed by atoms with van der Waals surface area (Å²) in [6, 6.07) is 8.37. The number of anilines is 1. The van der Waals surface area contributed by atoms with Crippen LogP contribution in [-0.4, -0.2) is 19.4 Å². The third-order valence-corrected chi connectivity index (χ3v) is 2.63. The zero-order valence-electron chi connectivity index (χ0n) is 9.27. The predicted octanol–water partition coefficient (Wildman–Crippen LogP) is 1.73. The van der Waals surface area contributed by atoms with E-state index in [0.717, 1.165) is 18.7 Å². The van der Waals surface area contributed by atoms with Crippen LogP contribution in [0.4, 0.5) is 5.69 Å². The Morgan fingerprint density at radius 2 is 1.93 bits per heavy atom. The molecule has 1 aromatic rings. The molecule has 1 heterocycles. The molecular weight excluding hydrogens is 186 g/mol. The van der Waals surface area contributed by atoms with Crippen LogP contribution in [0.5, 0.6) is 0 Å². The van der Waals surface area contributed by atoms with Gasteiger partial charge < -0.3 is 10.6 Å². The van der Waals surface area contributed by atoms with Crippen LogP contribution in [0.1, 0.15) is 19.4 Å². The first-order valence-corrected chi connectivity index (χ1v) is 5.23. The number of rotatable bonds is 2. The van der Waals surface area contributed by atoms with Gasteiger partial charge in [-0.3, -0.25) is 4.99 Å². The maximum atomic E-state index is 6.02. The Labute approximate surface area is 90.6 Å². The second-order valence-corrected chi connectivity index (χ2v) is 4.48. The molecule has 15 heavy (non-hydrogen) atoms. The fraction of sp³-hybridized carbons (Fsp3) is 0.417. The van der Waals surface area contributed by atoms with Gasteiger partial charge in [-0.15, -0.1) is 0 Å². The standard InChI is InChI=1S/C12H17N3/c1-12(2,13)10-3-5-11(6-4-10)15-8-7-14-9-15/h3-6,9H,7-8,13H2,1-2H3. The van der Waals surface area contributed by atoms with E-state index in [-0.39, 0.29) is 5.54 Å². The highest BCUT2D eigenvalue weighted by atomic mass is 15.2. The average Bonchev–Trinajstić information content (AvgIpc) is 2.69. The smallest absolute Gasteiger partial charge is 0.0895 e. The van der Waals surface area contributed by atoms with E-state index in [0.29, 0.717) is 0 Å². The van der Waals surface area contributed by atoms with Gasteiger partial charge in [0.2, 0.25) is 0 Å². The van der Waals surface area contributed by atoms with Gasteiger partial charge in [-0.05, 0) is 31.5 Å². The average molecular weight is 203 g/mol. The fourth-order valence-corrected chi connectivity index (χ4v) is 1.66. The molecule has 0 fully saturated rings. The molecule has 0 saturated heterocycles. The number of nitrogens with two attached hydrogens (primary N) is 1. The third kappa shape index (κ3) is 2.18. The Morgan fingerprint density at radius 1 is 1.27 bits per heavy atom. The highest BCUT2D eigenvalue weighted by molar-refractivity contribution is 5.80. The molecule has 1 aliphatic heterocycles. The third-order valence-electron chi connectivity index (χ3n) is 2.63. The lowest BCUT2D eigenvalue weighted by atomic mass is 9.95. The van der Waals surface area contributed by atoms with Crippen LogP contribution in [0.25, 0.3) is 0 Å². The Morgan fingerprint density at radius 3 is 2.40 bits per heavy atom. The first-order chi connectivity index (χ1) is 7.07. The molecule has 80 valence electrons. The van der Waals surface area contributed by atoms with Gasteiger partial charge in [0.15, 0.2) is 0 Å². The summed E-state index contributed by atoms with van der Waals surface area (Å²) in [6.07, 6.45) is 1.89. The molecule has 3 nitrogen and oxygen atoms in total. The number of nitrogens with zero attached hydrogens (tertiary/aromatic N) is 2. The summed E-state index contributed by atoms with van der Waals surface area (Å²) < 4.78 is 0. The molecule has 0 amide bonds. The van der Waals surface area contributed by atoms with E-state index in [2.05, 4.69) is 34.2 Å². The first kappa shape index (κ1) is 10.2. The summed E-state index contributed by atoms with van der Waals surface area (Å²) in [7, 11) is 0. The Bertz CT molecular complexity index is 359. The fourth-order valence-electron chi connectivity index (χ4n) is 1.66. The highest BCUT2D eigenvalue weighted by Crippen LogP contribution is 2.21. The van der Waals surface area contributed by atoms with E-state index in [1.54, 1.807) is 0 Å². The van der Waals surface area contributed by atoms with Crippen LogP contribution < -0.4 is 10.6 Å². The Hall–Kier alpha value is -1.35. The molecule has 0 aliphatic carbocycles. The van der Waals surface area contributed by atoms with Crippen molar-refractivity contribution in [2.24, 2.45) is 10.7 Å². The number of hydrogen-bond donors (Lipinski definition) is 1. The van der Waals surface area contributed by atoms with Crippen molar-refractivity contribution in [3.63, 3.8) is 0 Å². The van der Waals surface area contributed by atoms with Crippen molar-refractivity contribution < 1.29 is 0 Å². The lowest BCUT2D eigenvalue weighted by molar-refractivity contribution is 0.554. The molecule has 1 aliphatic rings. The van der Waals surface area contributed by atoms with Crippen molar-refractivity contribution in [2.45, 2.75) is 19.4 Å². The molecule has 2 N–H and O–H groups in total. The van der Waals surface area contributed by atoms with Crippen molar-refractivity contribution in [3.05, 3.63) is 29.8 Å². The first-order valence-electron chi connectivity index (χ1n) is 5.23. The summed E-state index contributed by atoms with van der Waals surface area (Å²) in [5.74, 6) is 0. The predicted molar refractivity (Wildman–Crippen MR) is 64.4 cm³/mol. The maximum absolute atomic E-state index is 6.02. The quantitative estimate of drug-likeness (QED) is 0.795. The molecular formula is C12H17N3. The normalized spacial score (nSPS) is 16.1. The zero-order valence-corrected chi connectivity index (χ0v) is 9.27. The molecule has 0 spiro atoms. The molecule has 1 aromatic carbocycles. The molecule has 2 rings (SSSR count). The minimum absolute atomic E-state index is 0.266. The summed E-state index contributed by atoms with van der Waals surface area (Å²) in [4.78, 5) is 6.33. The highest BCUT2D eigenvalue weighted by Gasteiger charge is 2.14. The van der Waals surface area contributed by atoms with Gasteiger partial charge >= 0.3 is 0 Å². The molecule has 0 radical (unpaired) electrons. The van der Waals surface area contributed by atoms with E-state index < -0.39 is 0 Å². The van der Waals surface area contributed by atoms with Crippen LogP contribution >= 0.6 is 0 Å². The lowest BCUT2D eigenvalue weighted by Gasteiger charge is -2.21. The van der Waals surface area contributed by atoms with Crippen molar-refractivity contribution in [2.75, 3.05) is 18.0 Å². The van der Waals surface area contributed by atoms with Crippen molar-refractivity contribution >= 4 is 12.0 Å². The SMILES string of the molecule is CC(C)(N)c1ccc(N2C=NCC2)cc1. The molecule has 0 unspecified atom stereocenters. The Kier molecular flexibility index (Phi) is 2.49. The van der Waals surface area contributed by atoms with Crippen LogP contribution in [0, 0.1) is 0 Å². The second-order valence-electron chi connectivity index (χ2n) is 4.48. The molecule has 3 heteroatoms. The van der Waals surface area contributed by atoms with Gasteiger partial charge in [-0.2, -0.15) is 0 Å².